The Morgan fingerprint density at radius 2 is 1.77 bits per heavy atom. The molecular formula is C30H41N3O5S. The minimum atomic E-state index is -0.686. The van der Waals surface area contributed by atoms with Gasteiger partial charge in [0.2, 0.25) is 5.91 Å². The normalized spacial score (nSPS) is 23.2. The lowest BCUT2D eigenvalue weighted by Gasteiger charge is -2.28. The van der Waals surface area contributed by atoms with E-state index in [1.54, 1.807) is 6.07 Å². The molecule has 4 aliphatic rings. The van der Waals surface area contributed by atoms with E-state index in [0.29, 0.717) is 33.8 Å². The first-order chi connectivity index (χ1) is 18.6. The predicted octanol–water partition coefficient (Wildman–Crippen LogP) is 5.52. The molecule has 1 aromatic heterocycles. The van der Waals surface area contributed by atoms with Crippen molar-refractivity contribution < 1.29 is 23.9 Å². The molecule has 0 bridgehead atoms. The van der Waals surface area contributed by atoms with Crippen molar-refractivity contribution in [1.82, 2.24) is 10.2 Å². The van der Waals surface area contributed by atoms with Gasteiger partial charge in [-0.1, -0.05) is 11.8 Å². The summed E-state index contributed by atoms with van der Waals surface area (Å²) in [5.74, 6) is 5.73. The molecule has 2 N–H and O–H groups in total. The molecule has 5 rings (SSSR count). The molecule has 3 heterocycles. The lowest BCUT2D eigenvalue weighted by molar-refractivity contribution is -0.121. The molecule has 4 fully saturated rings. The van der Waals surface area contributed by atoms with Gasteiger partial charge in [-0.3, -0.25) is 9.69 Å². The van der Waals surface area contributed by atoms with Crippen molar-refractivity contribution in [3.63, 3.8) is 0 Å². The number of nitrogens with one attached hydrogen (secondary N) is 2. The van der Waals surface area contributed by atoms with E-state index < -0.39 is 18.3 Å². The summed E-state index contributed by atoms with van der Waals surface area (Å²) in [5.41, 5.74) is 0.752. The van der Waals surface area contributed by atoms with Crippen LogP contribution in [0.3, 0.4) is 0 Å². The number of thiophene rings is 1. The first kappa shape index (κ1) is 28.0. The molecule has 1 spiro atoms. The summed E-state index contributed by atoms with van der Waals surface area (Å²) in [6, 6.07) is 1.78. The van der Waals surface area contributed by atoms with Crippen LogP contribution >= 0.6 is 11.3 Å². The molecule has 0 radical (unpaired) electrons. The molecule has 0 aromatic carbocycles. The minimum Gasteiger partial charge on any atom is -0.446 e. The lowest BCUT2D eigenvalue weighted by atomic mass is 9.79. The SMILES string of the molecule is CC(C)(C)C#Cc1cc(NC(=O)C2CCC3(CC2)CC3)c(C(=O)OC2CCCN2C(=O)OC2CCNCC2)s1. The number of nitrogens with zero attached hydrogens (tertiary/aromatic N) is 1. The molecule has 2 saturated carbocycles. The Bertz CT molecular complexity index is 1140. The zero-order valence-electron chi connectivity index (χ0n) is 23.4. The Morgan fingerprint density at radius 1 is 1.05 bits per heavy atom. The second-order valence-corrected chi connectivity index (χ2v) is 13.7. The second-order valence-electron chi connectivity index (χ2n) is 12.6. The zero-order chi connectivity index (χ0) is 27.6. The second kappa shape index (κ2) is 11.5. The number of carbonyl (C=O) groups excluding carboxylic acids is 3. The topological polar surface area (TPSA) is 97.0 Å². The fourth-order valence-corrected chi connectivity index (χ4v) is 6.57. The third-order valence-corrected chi connectivity index (χ3v) is 9.37. The van der Waals surface area contributed by atoms with Gasteiger partial charge in [0.1, 0.15) is 11.0 Å². The third kappa shape index (κ3) is 7.15. The van der Waals surface area contributed by atoms with Crippen molar-refractivity contribution in [2.75, 3.05) is 25.0 Å². The van der Waals surface area contributed by atoms with Crippen LogP contribution in [0.2, 0.25) is 0 Å². The van der Waals surface area contributed by atoms with E-state index in [0.717, 1.165) is 58.0 Å². The van der Waals surface area contributed by atoms with E-state index in [1.165, 1.54) is 29.1 Å². The first-order valence-electron chi connectivity index (χ1n) is 14.5. The van der Waals surface area contributed by atoms with Gasteiger partial charge in [0.25, 0.3) is 0 Å². The van der Waals surface area contributed by atoms with Gasteiger partial charge in [0.05, 0.1) is 10.6 Å². The average molecular weight is 556 g/mol. The number of amides is 2. The average Bonchev–Trinajstić information content (AvgIpc) is 3.29. The number of piperidine rings is 1. The summed E-state index contributed by atoms with van der Waals surface area (Å²) in [6.07, 6.45) is 8.20. The Kier molecular flexibility index (Phi) is 8.25. The third-order valence-electron chi connectivity index (χ3n) is 8.34. The highest BCUT2D eigenvalue weighted by molar-refractivity contribution is 7.15. The molecule has 8 nitrogen and oxygen atoms in total. The van der Waals surface area contributed by atoms with Crippen molar-refractivity contribution >= 4 is 35.0 Å². The highest BCUT2D eigenvalue weighted by atomic mass is 32.1. The van der Waals surface area contributed by atoms with Crippen LogP contribution in [0.15, 0.2) is 6.07 Å². The van der Waals surface area contributed by atoms with E-state index >= 15 is 0 Å². The molecule has 2 amide bonds. The van der Waals surface area contributed by atoms with Crippen molar-refractivity contribution in [2.24, 2.45) is 16.7 Å². The summed E-state index contributed by atoms with van der Waals surface area (Å²) in [6.45, 7) is 8.22. The smallest absolute Gasteiger partial charge is 0.412 e. The number of carbonyl (C=O) groups is 3. The van der Waals surface area contributed by atoms with Crippen molar-refractivity contribution in [1.29, 1.82) is 0 Å². The standard InChI is InChI=1S/C30H41N3O5S/c1-29(2,3)11-8-22-19-23(32-26(34)20-6-12-30(13-7-20)14-15-30)25(39-22)27(35)38-24-5-4-18-33(24)28(36)37-21-9-16-31-17-10-21/h19-21,24,31H,4-7,9-10,12-18H2,1-3H3,(H,32,34). The van der Waals surface area contributed by atoms with Crippen molar-refractivity contribution in [2.45, 2.75) is 97.3 Å². The Balaban J connectivity index is 1.28. The molecule has 212 valence electrons. The lowest BCUT2D eigenvalue weighted by Crippen LogP contribution is -2.42. The fraction of sp³-hybridized carbons (Fsp3) is 0.700. The largest absolute Gasteiger partial charge is 0.446 e. The van der Waals surface area contributed by atoms with Crippen molar-refractivity contribution in [3.05, 3.63) is 15.8 Å². The zero-order valence-corrected chi connectivity index (χ0v) is 24.2. The number of rotatable bonds is 5. The van der Waals surface area contributed by atoms with Crippen LogP contribution < -0.4 is 10.6 Å². The van der Waals surface area contributed by atoms with Gasteiger partial charge in [-0.05, 0) is 103 Å². The van der Waals surface area contributed by atoms with E-state index in [4.69, 9.17) is 9.47 Å². The predicted molar refractivity (Wildman–Crippen MR) is 150 cm³/mol. The van der Waals surface area contributed by atoms with Gasteiger partial charge < -0.3 is 20.1 Å². The van der Waals surface area contributed by atoms with Crippen LogP contribution in [0.25, 0.3) is 0 Å². The number of esters is 1. The van der Waals surface area contributed by atoms with Gasteiger partial charge in [0, 0.05) is 24.3 Å². The Labute approximate surface area is 235 Å². The number of likely N-dealkylation sites (tertiary alicyclic amines) is 1. The van der Waals surface area contributed by atoms with E-state index in [1.807, 2.05) is 20.8 Å². The summed E-state index contributed by atoms with van der Waals surface area (Å²) >= 11 is 1.22. The molecule has 1 unspecified atom stereocenters. The van der Waals surface area contributed by atoms with Gasteiger partial charge in [-0.25, -0.2) is 9.59 Å². The first-order valence-corrected chi connectivity index (χ1v) is 15.3. The maximum Gasteiger partial charge on any atom is 0.412 e. The fourth-order valence-electron chi connectivity index (χ4n) is 5.72. The van der Waals surface area contributed by atoms with Crippen molar-refractivity contribution in [3.8, 4) is 11.8 Å². The summed E-state index contributed by atoms with van der Waals surface area (Å²) in [4.78, 5) is 42.1. The van der Waals surface area contributed by atoms with E-state index in [-0.39, 0.29) is 23.3 Å². The number of hydrogen-bond donors (Lipinski definition) is 2. The monoisotopic (exact) mass is 555 g/mol. The van der Waals surface area contributed by atoms with Crippen LogP contribution in [-0.4, -0.2) is 54.8 Å². The minimum absolute atomic E-state index is 0.0410. The van der Waals surface area contributed by atoms with Crippen LogP contribution in [-0.2, 0) is 14.3 Å². The number of anilines is 1. The van der Waals surface area contributed by atoms with Crippen LogP contribution in [0.1, 0.15) is 99.5 Å². The maximum absolute atomic E-state index is 13.4. The number of hydrogen-bond acceptors (Lipinski definition) is 7. The Hall–Kier alpha value is -2.57. The molecule has 2 saturated heterocycles. The highest BCUT2D eigenvalue weighted by Gasteiger charge is 2.46. The molecular weight excluding hydrogens is 514 g/mol. The van der Waals surface area contributed by atoms with Crippen LogP contribution in [0.5, 0.6) is 0 Å². The number of ether oxygens (including phenoxy) is 2. The molecule has 39 heavy (non-hydrogen) atoms. The van der Waals surface area contributed by atoms with Gasteiger partial charge in [0.15, 0.2) is 6.23 Å². The van der Waals surface area contributed by atoms with E-state index in [2.05, 4.69) is 22.5 Å². The molecule has 1 atom stereocenters. The quantitative estimate of drug-likeness (QED) is 0.367. The molecule has 2 aliphatic carbocycles. The summed E-state index contributed by atoms with van der Waals surface area (Å²) < 4.78 is 11.6. The highest BCUT2D eigenvalue weighted by Crippen LogP contribution is 2.57. The molecule has 9 heteroatoms. The summed E-state index contributed by atoms with van der Waals surface area (Å²) in [5, 5.41) is 6.29. The van der Waals surface area contributed by atoms with Gasteiger partial charge in [-0.15, -0.1) is 11.3 Å². The molecule has 2 aliphatic heterocycles. The maximum atomic E-state index is 13.4. The molecule has 1 aromatic rings. The summed E-state index contributed by atoms with van der Waals surface area (Å²) in [7, 11) is 0. The van der Waals surface area contributed by atoms with Gasteiger partial charge in [-0.2, -0.15) is 0 Å². The van der Waals surface area contributed by atoms with Gasteiger partial charge >= 0.3 is 12.1 Å². The van der Waals surface area contributed by atoms with Crippen LogP contribution in [0.4, 0.5) is 10.5 Å². The van der Waals surface area contributed by atoms with Crippen LogP contribution in [0, 0.1) is 28.6 Å². The Morgan fingerprint density at radius 3 is 2.44 bits per heavy atom. The van der Waals surface area contributed by atoms with E-state index in [9.17, 15) is 14.4 Å².